The van der Waals surface area contributed by atoms with Crippen LogP contribution in [0.25, 0.3) is 11.1 Å². The quantitative estimate of drug-likeness (QED) is 0.118. The summed E-state index contributed by atoms with van der Waals surface area (Å²) >= 11 is 1.70. The summed E-state index contributed by atoms with van der Waals surface area (Å²) in [5, 5.41) is 9.62. The van der Waals surface area contributed by atoms with E-state index in [0.29, 0.717) is 16.9 Å². The molecule has 2 aliphatic rings. The molecule has 0 radical (unpaired) electrons. The summed E-state index contributed by atoms with van der Waals surface area (Å²) in [5.41, 5.74) is 6.44. The number of nitrogens with zero attached hydrogens (tertiary/aromatic N) is 1. The Morgan fingerprint density at radius 3 is 2.12 bits per heavy atom. The first-order valence-electron chi connectivity index (χ1n) is 16.3. The number of fused-ring (bicyclic) bond motifs is 1. The molecular formula is C41H37NO6S. The molecule has 0 saturated carbocycles. The zero-order chi connectivity index (χ0) is 33.9. The van der Waals surface area contributed by atoms with Crippen molar-refractivity contribution in [1.82, 2.24) is 4.90 Å². The summed E-state index contributed by atoms with van der Waals surface area (Å²) < 4.78 is 19.1. The van der Waals surface area contributed by atoms with Gasteiger partial charge in [0.15, 0.2) is 6.29 Å². The second-order valence-electron chi connectivity index (χ2n) is 12.4. The number of aliphatic hydroxyl groups excluding tert-OH is 1. The van der Waals surface area contributed by atoms with E-state index in [-0.39, 0.29) is 43.1 Å². The summed E-state index contributed by atoms with van der Waals surface area (Å²) in [6, 6.07) is 38.9. The second kappa shape index (κ2) is 14.4. The zero-order valence-corrected chi connectivity index (χ0v) is 28.1. The highest BCUT2D eigenvalue weighted by Gasteiger charge is 2.39. The van der Waals surface area contributed by atoms with E-state index >= 15 is 0 Å². The molecule has 2 aliphatic heterocycles. The number of thioether (sulfide) groups is 1. The van der Waals surface area contributed by atoms with Gasteiger partial charge in [-0.15, -0.1) is 11.8 Å². The largest absolute Gasteiger partial charge is 0.496 e. The molecule has 7 nitrogen and oxygen atoms in total. The third kappa shape index (κ3) is 6.78. The Morgan fingerprint density at radius 2 is 1.41 bits per heavy atom. The van der Waals surface area contributed by atoms with Gasteiger partial charge in [0, 0.05) is 22.1 Å². The first kappa shape index (κ1) is 32.8. The molecule has 2 amide bonds. The lowest BCUT2D eigenvalue weighted by Crippen LogP contribution is -2.38. The van der Waals surface area contributed by atoms with E-state index in [2.05, 4.69) is 19.1 Å². The lowest BCUT2D eigenvalue weighted by molar-refractivity contribution is -0.268. The van der Waals surface area contributed by atoms with Crippen LogP contribution < -0.4 is 4.74 Å². The maximum absolute atomic E-state index is 13.0. The van der Waals surface area contributed by atoms with Gasteiger partial charge in [-0.25, -0.2) is 0 Å². The molecule has 248 valence electrons. The van der Waals surface area contributed by atoms with Crippen LogP contribution in [0.2, 0.25) is 0 Å². The Labute approximate surface area is 290 Å². The van der Waals surface area contributed by atoms with Crippen molar-refractivity contribution in [3.05, 3.63) is 155 Å². The molecule has 2 heterocycles. The number of ether oxygens (including phenoxy) is 3. The normalized spacial score (nSPS) is 20.3. The smallest absolute Gasteiger partial charge is 0.261 e. The van der Waals surface area contributed by atoms with Gasteiger partial charge in [-0.2, -0.15) is 0 Å². The molecule has 4 atom stereocenters. The Morgan fingerprint density at radius 1 is 0.735 bits per heavy atom. The van der Waals surface area contributed by atoms with Gasteiger partial charge in [-0.1, -0.05) is 91.9 Å². The van der Waals surface area contributed by atoms with E-state index in [1.54, 1.807) is 43.1 Å². The van der Waals surface area contributed by atoms with Crippen molar-refractivity contribution in [2.75, 3.05) is 12.9 Å². The topological polar surface area (TPSA) is 85.3 Å². The van der Waals surface area contributed by atoms with Crippen LogP contribution >= 0.6 is 11.8 Å². The number of carbonyl (C=O) groups excluding carboxylic acids is 2. The number of benzene rings is 5. The molecule has 5 aromatic carbocycles. The molecule has 1 N–H and O–H groups in total. The minimum Gasteiger partial charge on any atom is -0.496 e. The Balaban J connectivity index is 1.14. The van der Waals surface area contributed by atoms with Gasteiger partial charge < -0.3 is 19.3 Å². The molecule has 1 saturated heterocycles. The summed E-state index contributed by atoms with van der Waals surface area (Å²) in [5.74, 6) is 1.03. The van der Waals surface area contributed by atoms with Gasteiger partial charge in [-0.3, -0.25) is 14.5 Å². The second-order valence-corrected chi connectivity index (χ2v) is 13.4. The standard InChI is InChI=1S/C41H37NO6S/c1-26-36(25-49-37-16-6-5-15-35(37)46-2)47-41(48-38(26)29-19-17-27(24-43)18-20-29)32-12-8-11-31(22-32)30-10-7-9-28(21-30)23-42-39(44)33-13-3-4-14-34(33)40(42)45/h3-22,26,36,38,41,43H,23-25H2,1-2H3/t26-,36+,38+,41+/m0/s1. The van der Waals surface area contributed by atoms with Crippen LogP contribution in [0.15, 0.2) is 126 Å². The third-order valence-electron chi connectivity index (χ3n) is 9.23. The lowest BCUT2D eigenvalue weighted by atomic mass is 9.91. The van der Waals surface area contributed by atoms with Crippen molar-refractivity contribution in [3.8, 4) is 16.9 Å². The summed E-state index contributed by atoms with van der Waals surface area (Å²) in [7, 11) is 1.68. The fraction of sp³-hybridized carbons (Fsp3) is 0.220. The molecule has 8 heteroatoms. The van der Waals surface area contributed by atoms with E-state index in [1.807, 2.05) is 84.9 Å². The van der Waals surface area contributed by atoms with Crippen LogP contribution in [0.4, 0.5) is 0 Å². The number of amides is 2. The van der Waals surface area contributed by atoms with Gasteiger partial charge in [0.05, 0.1) is 43.6 Å². The Hall–Kier alpha value is -4.73. The molecule has 0 spiro atoms. The van der Waals surface area contributed by atoms with E-state index in [4.69, 9.17) is 14.2 Å². The Bertz CT molecular complexity index is 1940. The third-order valence-corrected chi connectivity index (χ3v) is 10.4. The molecule has 0 aromatic heterocycles. The average Bonchev–Trinajstić information content (AvgIpc) is 3.39. The van der Waals surface area contributed by atoms with Crippen LogP contribution in [0.3, 0.4) is 0 Å². The molecular weight excluding hydrogens is 635 g/mol. The van der Waals surface area contributed by atoms with Gasteiger partial charge in [0.2, 0.25) is 0 Å². The fourth-order valence-corrected chi connectivity index (χ4v) is 7.69. The van der Waals surface area contributed by atoms with Crippen molar-refractivity contribution >= 4 is 23.6 Å². The van der Waals surface area contributed by atoms with E-state index < -0.39 is 6.29 Å². The number of methoxy groups -OCH3 is 1. The predicted octanol–water partition coefficient (Wildman–Crippen LogP) is 8.23. The first-order valence-corrected chi connectivity index (χ1v) is 17.3. The van der Waals surface area contributed by atoms with Crippen molar-refractivity contribution in [2.24, 2.45) is 5.92 Å². The van der Waals surface area contributed by atoms with Crippen LogP contribution in [0, 0.1) is 5.92 Å². The number of rotatable bonds is 10. The highest BCUT2D eigenvalue weighted by Crippen LogP contribution is 2.44. The van der Waals surface area contributed by atoms with E-state index in [1.165, 1.54) is 4.90 Å². The highest BCUT2D eigenvalue weighted by molar-refractivity contribution is 7.99. The molecule has 1 fully saturated rings. The fourth-order valence-electron chi connectivity index (χ4n) is 6.50. The van der Waals surface area contributed by atoms with Crippen molar-refractivity contribution in [3.63, 3.8) is 0 Å². The summed E-state index contributed by atoms with van der Waals surface area (Å²) in [6.45, 7) is 2.33. The van der Waals surface area contributed by atoms with E-state index in [0.717, 1.165) is 44.0 Å². The minimum absolute atomic E-state index is 0.0163. The summed E-state index contributed by atoms with van der Waals surface area (Å²) in [6.07, 6.45) is -0.993. The first-order chi connectivity index (χ1) is 23.9. The van der Waals surface area contributed by atoms with Gasteiger partial charge in [0.25, 0.3) is 11.8 Å². The minimum atomic E-state index is -0.622. The molecule has 5 aromatic rings. The van der Waals surface area contributed by atoms with Crippen molar-refractivity contribution < 1.29 is 28.9 Å². The monoisotopic (exact) mass is 671 g/mol. The number of carbonyl (C=O) groups is 2. The highest BCUT2D eigenvalue weighted by atomic mass is 32.2. The SMILES string of the molecule is COc1ccccc1SC[C@H]1O[C@@H](c2cccc(-c3cccc(CN4C(=O)c5ccccc5C4=O)c3)c2)O[C@@H](c2ccc(CO)cc2)[C@H]1C. The molecule has 0 aliphatic carbocycles. The number of imide groups is 1. The van der Waals surface area contributed by atoms with Gasteiger partial charge in [0.1, 0.15) is 5.75 Å². The van der Waals surface area contributed by atoms with Crippen molar-refractivity contribution in [1.29, 1.82) is 0 Å². The van der Waals surface area contributed by atoms with Crippen LogP contribution in [-0.4, -0.2) is 40.8 Å². The maximum atomic E-state index is 13.0. The molecule has 0 unspecified atom stereocenters. The predicted molar refractivity (Wildman–Crippen MR) is 189 cm³/mol. The summed E-state index contributed by atoms with van der Waals surface area (Å²) in [4.78, 5) is 28.4. The molecule has 0 bridgehead atoms. The van der Waals surface area contributed by atoms with Gasteiger partial charge in [-0.05, 0) is 64.2 Å². The van der Waals surface area contributed by atoms with Crippen LogP contribution in [-0.2, 0) is 22.6 Å². The lowest BCUT2D eigenvalue weighted by Gasteiger charge is -2.41. The number of hydrogen-bond donors (Lipinski definition) is 1. The number of para-hydroxylation sites is 1. The zero-order valence-electron chi connectivity index (χ0n) is 27.3. The van der Waals surface area contributed by atoms with E-state index in [9.17, 15) is 14.7 Å². The molecule has 49 heavy (non-hydrogen) atoms. The Kier molecular flexibility index (Phi) is 9.64. The van der Waals surface area contributed by atoms with Gasteiger partial charge >= 0.3 is 0 Å². The average molecular weight is 672 g/mol. The maximum Gasteiger partial charge on any atom is 0.261 e. The van der Waals surface area contributed by atoms with Crippen LogP contribution in [0.1, 0.15) is 62.3 Å². The molecule has 7 rings (SSSR count). The number of aliphatic hydroxyl groups is 1. The number of hydrogen-bond acceptors (Lipinski definition) is 7. The van der Waals surface area contributed by atoms with Crippen LogP contribution in [0.5, 0.6) is 5.75 Å². The van der Waals surface area contributed by atoms with Crippen molar-refractivity contribution in [2.45, 2.75) is 43.5 Å².